The van der Waals surface area contributed by atoms with Crippen LogP contribution in [-0.2, 0) is 0 Å². The molecular weight excluding hydrogens is 735 g/mol. The van der Waals surface area contributed by atoms with Crippen LogP contribution in [0.3, 0.4) is 0 Å². The molecule has 0 amide bonds. The van der Waals surface area contributed by atoms with Gasteiger partial charge in [0.15, 0.2) is 5.82 Å². The lowest BCUT2D eigenvalue weighted by molar-refractivity contribution is 0.670. The number of benzene rings is 8. The van der Waals surface area contributed by atoms with Gasteiger partial charge in [-0.05, 0) is 70.8 Å². The van der Waals surface area contributed by atoms with E-state index in [1.165, 1.54) is 0 Å². The van der Waals surface area contributed by atoms with Crippen LogP contribution in [0.5, 0.6) is 0 Å². The van der Waals surface area contributed by atoms with Crippen molar-refractivity contribution < 1.29 is 8.83 Å². The number of rotatable bonds is 6. The van der Waals surface area contributed by atoms with Crippen LogP contribution < -0.4 is 0 Å². The highest BCUT2D eigenvalue weighted by Gasteiger charge is 2.19. The monoisotopic (exact) mass is 767 g/mol. The first-order chi connectivity index (χ1) is 29.7. The van der Waals surface area contributed by atoms with Crippen molar-refractivity contribution in [1.82, 2.24) is 15.0 Å². The summed E-state index contributed by atoms with van der Waals surface area (Å²) in [5.74, 6) is 0.651. The van der Waals surface area contributed by atoms with Crippen LogP contribution in [0, 0.1) is 0 Å². The van der Waals surface area contributed by atoms with Gasteiger partial charge in [0, 0.05) is 60.9 Å². The number of hydrogen-bond acceptors (Lipinski definition) is 5. The molecule has 60 heavy (non-hydrogen) atoms. The Morgan fingerprint density at radius 3 is 1.48 bits per heavy atom. The molecule has 8 aromatic carbocycles. The molecule has 0 saturated carbocycles. The molecule has 0 aliphatic heterocycles. The van der Waals surface area contributed by atoms with Gasteiger partial charge in [0.2, 0.25) is 0 Å². The highest BCUT2D eigenvalue weighted by molar-refractivity contribution is 6.12. The largest absolute Gasteiger partial charge is 0.455 e. The van der Waals surface area contributed by atoms with Gasteiger partial charge in [-0.15, -0.1) is 0 Å². The average Bonchev–Trinajstić information content (AvgIpc) is 3.90. The Labute approximate surface area is 344 Å². The number of nitrogens with zero attached hydrogens (tertiary/aromatic N) is 3. The maximum Gasteiger partial charge on any atom is 0.160 e. The van der Waals surface area contributed by atoms with Crippen molar-refractivity contribution in [2.75, 3.05) is 0 Å². The van der Waals surface area contributed by atoms with Crippen LogP contribution in [0.4, 0.5) is 0 Å². The molecular formula is C55H33N3O2. The Kier molecular flexibility index (Phi) is 7.78. The van der Waals surface area contributed by atoms with Crippen molar-refractivity contribution >= 4 is 54.8 Å². The van der Waals surface area contributed by atoms with Crippen LogP contribution in [0.25, 0.3) is 122 Å². The molecule has 4 heterocycles. The third-order valence-corrected chi connectivity index (χ3v) is 11.6. The van der Waals surface area contributed by atoms with E-state index < -0.39 is 0 Å². The van der Waals surface area contributed by atoms with Gasteiger partial charge < -0.3 is 8.83 Å². The standard InChI is InChI=1S/C55H33N3O2/c1-2-12-36(13-3-1)55-57-49(35-26-24-34(25-27-35)40-28-29-56-48-21-7-4-14-43(40)48)33-50(58-55)39-31-37(41-17-10-19-46-44-15-5-8-22-51(44)59-53(41)46)30-38(32-39)42-18-11-20-47-45-16-6-9-23-52(45)60-54(42)47/h1-33H. The second kappa shape index (κ2) is 13.8. The maximum absolute atomic E-state index is 6.61. The summed E-state index contributed by atoms with van der Waals surface area (Å²) in [5, 5.41) is 5.46. The lowest BCUT2D eigenvalue weighted by atomic mass is 9.93. The van der Waals surface area contributed by atoms with Gasteiger partial charge in [-0.2, -0.15) is 0 Å². The van der Waals surface area contributed by atoms with E-state index in [1.807, 2.05) is 54.7 Å². The van der Waals surface area contributed by atoms with Crippen LogP contribution in [0.15, 0.2) is 209 Å². The highest BCUT2D eigenvalue weighted by atomic mass is 16.3. The fourth-order valence-corrected chi connectivity index (χ4v) is 8.66. The number of fused-ring (bicyclic) bond motifs is 7. The van der Waals surface area contributed by atoms with E-state index in [-0.39, 0.29) is 0 Å². The third-order valence-electron chi connectivity index (χ3n) is 11.6. The Balaban J connectivity index is 1.07. The second-order valence-electron chi connectivity index (χ2n) is 15.1. The van der Waals surface area contributed by atoms with Crippen molar-refractivity contribution in [2.24, 2.45) is 0 Å². The highest BCUT2D eigenvalue weighted by Crippen LogP contribution is 2.42. The number of hydrogen-bond donors (Lipinski definition) is 0. The first kappa shape index (κ1) is 33.9. The predicted octanol–water partition coefficient (Wildman–Crippen LogP) is 14.8. The quantitative estimate of drug-likeness (QED) is 0.169. The van der Waals surface area contributed by atoms with Gasteiger partial charge in [0.1, 0.15) is 22.3 Å². The topological polar surface area (TPSA) is 65.0 Å². The number of pyridine rings is 1. The van der Waals surface area contributed by atoms with Gasteiger partial charge >= 0.3 is 0 Å². The lowest BCUT2D eigenvalue weighted by Gasteiger charge is -2.14. The van der Waals surface area contributed by atoms with Gasteiger partial charge in [0.25, 0.3) is 0 Å². The fourth-order valence-electron chi connectivity index (χ4n) is 8.66. The van der Waals surface area contributed by atoms with Gasteiger partial charge in [-0.25, -0.2) is 9.97 Å². The number of furan rings is 2. The van der Waals surface area contributed by atoms with E-state index in [9.17, 15) is 0 Å². The maximum atomic E-state index is 6.61. The molecule has 0 N–H and O–H groups in total. The minimum atomic E-state index is 0.651. The van der Waals surface area contributed by atoms with Crippen molar-refractivity contribution in [3.05, 3.63) is 200 Å². The van der Waals surface area contributed by atoms with E-state index in [1.54, 1.807) is 0 Å². The summed E-state index contributed by atoms with van der Waals surface area (Å²) >= 11 is 0. The van der Waals surface area contributed by atoms with Crippen LogP contribution >= 0.6 is 0 Å². The van der Waals surface area contributed by atoms with E-state index in [0.717, 1.165) is 116 Å². The van der Waals surface area contributed by atoms with Crippen molar-refractivity contribution in [1.29, 1.82) is 0 Å². The lowest BCUT2D eigenvalue weighted by Crippen LogP contribution is -1.97. The Hall–Kier alpha value is -8.15. The molecule has 4 aromatic heterocycles. The minimum absolute atomic E-state index is 0.651. The van der Waals surface area contributed by atoms with Gasteiger partial charge in [0.05, 0.1) is 16.9 Å². The van der Waals surface area contributed by atoms with Crippen LogP contribution in [-0.4, -0.2) is 15.0 Å². The molecule has 0 saturated heterocycles. The third kappa shape index (κ3) is 5.67. The fraction of sp³-hybridized carbons (Fsp3) is 0. The predicted molar refractivity (Wildman–Crippen MR) is 245 cm³/mol. The summed E-state index contributed by atoms with van der Waals surface area (Å²) in [6, 6.07) is 67.2. The summed E-state index contributed by atoms with van der Waals surface area (Å²) < 4.78 is 13.2. The first-order valence-electron chi connectivity index (χ1n) is 20.1. The molecule has 0 aliphatic rings. The summed E-state index contributed by atoms with van der Waals surface area (Å²) in [6.45, 7) is 0. The zero-order valence-corrected chi connectivity index (χ0v) is 32.2. The van der Waals surface area contributed by atoms with E-state index in [2.05, 4.69) is 151 Å². The van der Waals surface area contributed by atoms with Crippen molar-refractivity contribution in [3.8, 4) is 67.3 Å². The summed E-state index contributed by atoms with van der Waals surface area (Å²) in [7, 11) is 0. The molecule has 5 nitrogen and oxygen atoms in total. The molecule has 5 heteroatoms. The summed E-state index contributed by atoms with van der Waals surface area (Å²) in [4.78, 5) is 15.1. The van der Waals surface area contributed by atoms with Crippen LogP contribution in [0.1, 0.15) is 0 Å². The Morgan fingerprint density at radius 1 is 0.317 bits per heavy atom. The SMILES string of the molecule is c1ccc(-c2nc(-c3ccc(-c4ccnc5ccccc45)cc3)cc(-c3cc(-c4cccc5c4oc4ccccc45)cc(-c4cccc5c4oc4ccccc45)c3)n2)cc1. The van der Waals surface area contributed by atoms with E-state index in [0.29, 0.717) is 5.82 Å². The molecule has 280 valence electrons. The number of para-hydroxylation sites is 5. The summed E-state index contributed by atoms with van der Waals surface area (Å²) in [6.07, 6.45) is 1.88. The molecule has 12 rings (SSSR count). The molecule has 0 aliphatic carbocycles. The van der Waals surface area contributed by atoms with E-state index >= 15 is 0 Å². The molecule has 0 radical (unpaired) electrons. The zero-order chi connectivity index (χ0) is 39.6. The molecule has 0 spiro atoms. The average molecular weight is 768 g/mol. The normalized spacial score (nSPS) is 11.7. The van der Waals surface area contributed by atoms with Crippen molar-refractivity contribution in [2.45, 2.75) is 0 Å². The second-order valence-corrected chi connectivity index (χ2v) is 15.1. The molecule has 0 unspecified atom stereocenters. The minimum Gasteiger partial charge on any atom is -0.455 e. The molecule has 0 bridgehead atoms. The Morgan fingerprint density at radius 2 is 0.833 bits per heavy atom. The molecule has 0 fully saturated rings. The van der Waals surface area contributed by atoms with Crippen molar-refractivity contribution in [3.63, 3.8) is 0 Å². The molecule has 12 aromatic rings. The zero-order valence-electron chi connectivity index (χ0n) is 32.2. The Bertz CT molecular complexity index is 3470. The smallest absolute Gasteiger partial charge is 0.160 e. The summed E-state index contributed by atoms with van der Waals surface area (Å²) in [5.41, 5.74) is 15.2. The first-order valence-corrected chi connectivity index (χ1v) is 20.1. The van der Waals surface area contributed by atoms with Gasteiger partial charge in [-0.3, -0.25) is 4.98 Å². The van der Waals surface area contributed by atoms with Gasteiger partial charge in [-0.1, -0.05) is 146 Å². The molecule has 0 atom stereocenters. The number of aromatic nitrogens is 3. The van der Waals surface area contributed by atoms with E-state index in [4.69, 9.17) is 18.8 Å². The van der Waals surface area contributed by atoms with Crippen LogP contribution in [0.2, 0.25) is 0 Å².